The van der Waals surface area contributed by atoms with E-state index in [1.165, 1.54) is 25.3 Å². The number of hydrogen-bond acceptors (Lipinski definition) is 5. The quantitative estimate of drug-likeness (QED) is 0.704. The number of nitrogens with one attached hydrogen (secondary N) is 2. The molecule has 0 amide bonds. The van der Waals surface area contributed by atoms with Gasteiger partial charge in [-0.3, -0.25) is 4.79 Å². The fourth-order valence-electron chi connectivity index (χ4n) is 2.79. The number of anilines is 1. The normalized spacial score (nSPS) is 12.4. The van der Waals surface area contributed by atoms with E-state index in [0.717, 1.165) is 6.07 Å². The van der Waals surface area contributed by atoms with Crippen LogP contribution in [0.5, 0.6) is 5.75 Å². The van der Waals surface area contributed by atoms with Gasteiger partial charge in [-0.2, -0.15) is 0 Å². The van der Waals surface area contributed by atoms with Gasteiger partial charge in [0.05, 0.1) is 24.1 Å². The number of hydrogen-bond donors (Lipinski definition) is 2. The molecule has 9 heteroatoms. The number of halogens is 3. The van der Waals surface area contributed by atoms with Gasteiger partial charge in [0.2, 0.25) is 0 Å². The van der Waals surface area contributed by atoms with Gasteiger partial charge in [-0.1, -0.05) is 18.2 Å². The Bertz CT molecular complexity index is 1050. The summed E-state index contributed by atoms with van der Waals surface area (Å²) < 4.78 is 45.3. The number of pyridine rings is 1. The van der Waals surface area contributed by atoms with E-state index < -0.39 is 29.4 Å². The average molecular weight is 378 g/mol. The maximum absolute atomic E-state index is 14.4. The van der Waals surface area contributed by atoms with E-state index in [2.05, 4.69) is 20.3 Å². The fraction of sp³-hybridized carbons (Fsp3) is 0.278. The molecule has 1 aromatic carbocycles. The molecule has 1 atom stereocenters. The van der Waals surface area contributed by atoms with E-state index in [0.29, 0.717) is 17.0 Å². The van der Waals surface area contributed by atoms with Crippen molar-refractivity contribution in [3.05, 3.63) is 57.4 Å². The number of ether oxygens (including phenoxy) is 1. The number of alkyl halides is 2. The Labute approximate surface area is 152 Å². The van der Waals surface area contributed by atoms with Crippen LogP contribution in [0.1, 0.15) is 36.3 Å². The highest BCUT2D eigenvalue weighted by Crippen LogP contribution is 2.30. The molecule has 0 spiro atoms. The highest BCUT2D eigenvalue weighted by molar-refractivity contribution is 5.87. The van der Waals surface area contributed by atoms with Gasteiger partial charge in [-0.25, -0.2) is 23.1 Å². The smallest absolute Gasteiger partial charge is 0.291 e. The lowest BCUT2D eigenvalue weighted by atomic mass is 10.0. The molecule has 0 fully saturated rings. The molecule has 2 N–H and O–H groups in total. The fourth-order valence-corrected chi connectivity index (χ4v) is 2.79. The monoisotopic (exact) mass is 378 g/mol. The standard InChI is InChI=1S/C18H17F3N4O2/c1-8(10-5-4-6-11(14(10)19)15(20)21)22-16-12-7-13(27-3)18(26)25-17(12)24-9(2)23-16/h4-8,15H,1-3H3,(H2,22,23,24,25,26)/t8-/m1/s1. The summed E-state index contributed by atoms with van der Waals surface area (Å²) in [7, 11) is 1.35. The van der Waals surface area contributed by atoms with Gasteiger partial charge in [0, 0.05) is 11.6 Å². The number of aryl methyl sites for hydroxylation is 1. The highest BCUT2D eigenvalue weighted by Gasteiger charge is 2.20. The van der Waals surface area contributed by atoms with Crippen LogP contribution in [0.15, 0.2) is 29.1 Å². The lowest BCUT2D eigenvalue weighted by molar-refractivity contribution is 0.146. The van der Waals surface area contributed by atoms with Gasteiger partial charge in [0.15, 0.2) is 5.75 Å². The van der Waals surface area contributed by atoms with Crippen LogP contribution in [0.25, 0.3) is 11.0 Å². The number of rotatable bonds is 5. The molecule has 0 bridgehead atoms. The Kier molecular flexibility index (Phi) is 5.02. The second kappa shape index (κ2) is 7.26. The number of methoxy groups -OCH3 is 1. The first-order valence-electron chi connectivity index (χ1n) is 8.10. The molecule has 0 unspecified atom stereocenters. The van der Waals surface area contributed by atoms with Gasteiger partial charge in [0.1, 0.15) is 23.1 Å². The molecule has 0 saturated heterocycles. The molecule has 0 aliphatic rings. The Morgan fingerprint density at radius 1 is 1.22 bits per heavy atom. The lowest BCUT2D eigenvalue weighted by Crippen LogP contribution is -2.14. The van der Waals surface area contributed by atoms with Gasteiger partial charge in [-0.05, 0) is 13.8 Å². The van der Waals surface area contributed by atoms with Crippen molar-refractivity contribution in [3.63, 3.8) is 0 Å². The molecule has 2 aromatic heterocycles. The van der Waals surface area contributed by atoms with Crippen LogP contribution in [0.2, 0.25) is 0 Å². The predicted octanol–water partition coefficient (Wildman–Crippen LogP) is 3.88. The molecule has 2 heterocycles. The van der Waals surface area contributed by atoms with Crippen molar-refractivity contribution < 1.29 is 17.9 Å². The Morgan fingerprint density at radius 2 is 1.93 bits per heavy atom. The second-order valence-corrected chi connectivity index (χ2v) is 5.97. The number of benzene rings is 1. The molecule has 3 rings (SSSR count). The molecule has 0 radical (unpaired) electrons. The summed E-state index contributed by atoms with van der Waals surface area (Å²) in [6, 6.07) is 4.66. The number of aromatic nitrogens is 3. The lowest BCUT2D eigenvalue weighted by Gasteiger charge is -2.18. The summed E-state index contributed by atoms with van der Waals surface area (Å²) in [5.74, 6) is -0.202. The number of nitrogens with zero attached hydrogens (tertiary/aromatic N) is 2. The molecule has 142 valence electrons. The van der Waals surface area contributed by atoms with Crippen LogP contribution in [0, 0.1) is 12.7 Å². The van der Waals surface area contributed by atoms with Crippen LogP contribution in [-0.4, -0.2) is 22.1 Å². The van der Waals surface area contributed by atoms with Crippen LogP contribution < -0.4 is 15.6 Å². The Hall–Kier alpha value is -3.10. The molecular formula is C18H17F3N4O2. The maximum Gasteiger partial charge on any atom is 0.291 e. The number of fused-ring (bicyclic) bond motifs is 1. The largest absolute Gasteiger partial charge is 0.491 e. The molecule has 0 saturated carbocycles. The Balaban J connectivity index is 2.06. The third-order valence-electron chi connectivity index (χ3n) is 4.12. The van der Waals surface area contributed by atoms with E-state index in [4.69, 9.17) is 4.74 Å². The third kappa shape index (κ3) is 3.57. The van der Waals surface area contributed by atoms with Crippen molar-refractivity contribution in [2.45, 2.75) is 26.3 Å². The zero-order chi connectivity index (χ0) is 19.7. The summed E-state index contributed by atoms with van der Waals surface area (Å²) >= 11 is 0. The van der Waals surface area contributed by atoms with Crippen LogP contribution >= 0.6 is 0 Å². The average Bonchev–Trinajstić information content (AvgIpc) is 2.60. The van der Waals surface area contributed by atoms with E-state index >= 15 is 0 Å². The molecular weight excluding hydrogens is 361 g/mol. The van der Waals surface area contributed by atoms with Crippen molar-refractivity contribution in [3.8, 4) is 5.75 Å². The van der Waals surface area contributed by atoms with E-state index in [1.54, 1.807) is 13.8 Å². The summed E-state index contributed by atoms with van der Waals surface area (Å²) in [6.07, 6.45) is -2.91. The molecule has 0 aliphatic carbocycles. The summed E-state index contributed by atoms with van der Waals surface area (Å²) in [5, 5.41) is 3.46. The molecule has 6 nitrogen and oxygen atoms in total. The van der Waals surface area contributed by atoms with E-state index in [9.17, 15) is 18.0 Å². The van der Waals surface area contributed by atoms with E-state index in [1.807, 2.05) is 0 Å². The zero-order valence-corrected chi connectivity index (χ0v) is 14.8. The van der Waals surface area contributed by atoms with Gasteiger partial charge in [-0.15, -0.1) is 0 Å². The van der Waals surface area contributed by atoms with Gasteiger partial charge < -0.3 is 15.0 Å². The summed E-state index contributed by atoms with van der Waals surface area (Å²) in [4.78, 5) is 22.9. The number of aromatic amines is 1. The number of H-pyrrole nitrogens is 1. The highest BCUT2D eigenvalue weighted by atomic mass is 19.3. The first-order valence-corrected chi connectivity index (χ1v) is 8.10. The van der Waals surface area contributed by atoms with Crippen molar-refractivity contribution in [2.75, 3.05) is 12.4 Å². The van der Waals surface area contributed by atoms with Crippen molar-refractivity contribution in [2.24, 2.45) is 0 Å². The maximum atomic E-state index is 14.4. The summed E-state index contributed by atoms with van der Waals surface area (Å²) in [6.45, 7) is 3.26. The van der Waals surface area contributed by atoms with Gasteiger partial charge >= 0.3 is 0 Å². The minimum absolute atomic E-state index is 0.0662. The van der Waals surface area contributed by atoms with E-state index in [-0.39, 0.29) is 17.0 Å². The van der Waals surface area contributed by atoms with Crippen molar-refractivity contribution in [1.29, 1.82) is 0 Å². The molecule has 27 heavy (non-hydrogen) atoms. The minimum atomic E-state index is -2.91. The SMILES string of the molecule is COc1cc2c(N[C@H](C)c3cccc(C(F)F)c3F)nc(C)nc2[nH]c1=O. The predicted molar refractivity (Wildman–Crippen MR) is 94.8 cm³/mol. The van der Waals surface area contributed by atoms with Crippen LogP contribution in [-0.2, 0) is 0 Å². The van der Waals surface area contributed by atoms with Crippen LogP contribution in [0.3, 0.4) is 0 Å². The zero-order valence-electron chi connectivity index (χ0n) is 14.8. The van der Waals surface area contributed by atoms with Crippen molar-refractivity contribution in [1.82, 2.24) is 15.0 Å². The van der Waals surface area contributed by atoms with Gasteiger partial charge in [0.25, 0.3) is 12.0 Å². The first kappa shape index (κ1) is 18.7. The third-order valence-corrected chi connectivity index (χ3v) is 4.12. The Morgan fingerprint density at radius 3 is 2.59 bits per heavy atom. The second-order valence-electron chi connectivity index (χ2n) is 5.97. The summed E-state index contributed by atoms with van der Waals surface area (Å²) in [5.41, 5.74) is -0.743. The molecule has 3 aromatic rings. The topological polar surface area (TPSA) is 79.9 Å². The van der Waals surface area contributed by atoms with Crippen molar-refractivity contribution >= 4 is 16.9 Å². The first-order chi connectivity index (χ1) is 12.8. The van der Waals surface area contributed by atoms with Crippen LogP contribution in [0.4, 0.5) is 19.0 Å². The molecule has 0 aliphatic heterocycles. The minimum Gasteiger partial charge on any atom is -0.491 e.